The second-order valence-electron chi connectivity index (χ2n) is 5.10. The third kappa shape index (κ3) is 2.65. The first-order valence-corrected chi connectivity index (χ1v) is 7.46. The molecule has 5 heteroatoms. The zero-order valence-corrected chi connectivity index (χ0v) is 12.9. The van der Waals surface area contributed by atoms with E-state index in [1.807, 2.05) is 18.2 Å². The molecule has 1 amide bonds. The molecule has 1 aliphatic rings. The molecule has 1 aliphatic heterocycles. The van der Waals surface area contributed by atoms with Gasteiger partial charge in [0.1, 0.15) is 5.82 Å². The molecule has 0 fully saturated rings. The Hall–Kier alpha value is -1.88. The van der Waals surface area contributed by atoms with E-state index in [0.29, 0.717) is 23.1 Å². The summed E-state index contributed by atoms with van der Waals surface area (Å²) in [5.74, 6) is -0.662. The zero-order chi connectivity index (χ0) is 15.0. The molecule has 108 valence electrons. The molecule has 0 aliphatic carbocycles. The van der Waals surface area contributed by atoms with Gasteiger partial charge in [0.2, 0.25) is 0 Å². The largest absolute Gasteiger partial charge is 0.396 e. The van der Waals surface area contributed by atoms with Crippen molar-refractivity contribution in [3.05, 3.63) is 63.4 Å². The molecule has 3 nitrogen and oxygen atoms in total. The van der Waals surface area contributed by atoms with Gasteiger partial charge in [-0.25, -0.2) is 4.39 Å². The molecule has 21 heavy (non-hydrogen) atoms. The van der Waals surface area contributed by atoms with Crippen LogP contribution >= 0.6 is 15.9 Å². The van der Waals surface area contributed by atoms with E-state index in [2.05, 4.69) is 22.0 Å². The number of rotatable bonds is 1. The maximum absolute atomic E-state index is 13.4. The highest BCUT2D eigenvalue weighted by molar-refractivity contribution is 9.10. The Morgan fingerprint density at radius 1 is 1.24 bits per heavy atom. The van der Waals surface area contributed by atoms with E-state index in [1.165, 1.54) is 17.7 Å². The number of carbonyl (C=O) groups excluding carboxylic acids is 1. The van der Waals surface area contributed by atoms with Crippen LogP contribution in [-0.2, 0) is 13.0 Å². The zero-order valence-electron chi connectivity index (χ0n) is 11.3. The summed E-state index contributed by atoms with van der Waals surface area (Å²) in [5, 5.41) is 0. The van der Waals surface area contributed by atoms with Crippen LogP contribution in [0.1, 0.15) is 21.5 Å². The number of hydrogen-bond donors (Lipinski definition) is 1. The molecule has 0 atom stereocenters. The molecule has 2 aromatic rings. The third-order valence-corrected chi connectivity index (χ3v) is 4.39. The number of nitrogen functional groups attached to an aromatic ring is 1. The van der Waals surface area contributed by atoms with E-state index in [1.54, 1.807) is 4.90 Å². The van der Waals surface area contributed by atoms with E-state index in [4.69, 9.17) is 5.73 Å². The molecule has 0 radical (unpaired) electrons. The fourth-order valence-electron chi connectivity index (χ4n) is 2.57. The van der Waals surface area contributed by atoms with Gasteiger partial charge in [-0.2, -0.15) is 0 Å². The van der Waals surface area contributed by atoms with Gasteiger partial charge in [0, 0.05) is 17.6 Å². The maximum atomic E-state index is 13.4. The Labute approximate surface area is 130 Å². The number of amides is 1. The first-order valence-electron chi connectivity index (χ1n) is 6.67. The van der Waals surface area contributed by atoms with Crippen LogP contribution in [0.5, 0.6) is 0 Å². The summed E-state index contributed by atoms with van der Waals surface area (Å²) < 4.78 is 13.8. The van der Waals surface area contributed by atoms with Gasteiger partial charge in [-0.15, -0.1) is 0 Å². The van der Waals surface area contributed by atoms with Gasteiger partial charge in [-0.3, -0.25) is 4.79 Å². The van der Waals surface area contributed by atoms with Crippen molar-refractivity contribution in [3.8, 4) is 0 Å². The van der Waals surface area contributed by atoms with Gasteiger partial charge < -0.3 is 10.6 Å². The van der Waals surface area contributed by atoms with Crippen molar-refractivity contribution in [1.82, 2.24) is 4.90 Å². The molecule has 0 unspecified atom stereocenters. The lowest BCUT2D eigenvalue weighted by molar-refractivity contribution is 0.0734. The maximum Gasteiger partial charge on any atom is 0.255 e. The standard InChI is InChI=1S/C16H14BrFN2O/c17-13-8-14(18)15(19)7-12(13)16(21)20-6-5-10-3-1-2-4-11(10)9-20/h1-4,7-8H,5-6,9,19H2. The van der Waals surface area contributed by atoms with E-state index >= 15 is 0 Å². The van der Waals surface area contributed by atoms with E-state index in [9.17, 15) is 9.18 Å². The number of fused-ring (bicyclic) bond motifs is 1. The average molecular weight is 349 g/mol. The number of nitrogens with zero attached hydrogens (tertiary/aromatic N) is 1. The van der Waals surface area contributed by atoms with Crippen molar-refractivity contribution in [2.75, 3.05) is 12.3 Å². The smallest absolute Gasteiger partial charge is 0.255 e. The predicted octanol–water partition coefficient (Wildman–Crippen LogP) is 3.37. The minimum atomic E-state index is -0.526. The third-order valence-electron chi connectivity index (χ3n) is 3.73. The minimum Gasteiger partial charge on any atom is -0.396 e. The molecule has 2 aromatic carbocycles. The van der Waals surface area contributed by atoms with Crippen LogP contribution in [0.2, 0.25) is 0 Å². The second kappa shape index (κ2) is 5.48. The van der Waals surface area contributed by atoms with E-state index in [-0.39, 0.29) is 11.6 Å². The Bertz CT molecular complexity index is 717. The fourth-order valence-corrected chi connectivity index (χ4v) is 3.05. The summed E-state index contributed by atoms with van der Waals surface area (Å²) in [5.41, 5.74) is 8.38. The van der Waals surface area contributed by atoms with Crippen LogP contribution in [0.3, 0.4) is 0 Å². The molecule has 0 aromatic heterocycles. The van der Waals surface area contributed by atoms with Crippen LogP contribution in [0, 0.1) is 5.82 Å². The van der Waals surface area contributed by atoms with Crippen molar-refractivity contribution >= 4 is 27.5 Å². The van der Waals surface area contributed by atoms with Gasteiger partial charge >= 0.3 is 0 Å². The van der Waals surface area contributed by atoms with Gasteiger partial charge in [-0.1, -0.05) is 24.3 Å². The van der Waals surface area contributed by atoms with Crippen molar-refractivity contribution in [2.45, 2.75) is 13.0 Å². The number of benzene rings is 2. The lowest BCUT2D eigenvalue weighted by Crippen LogP contribution is -2.36. The quantitative estimate of drug-likeness (QED) is 0.803. The van der Waals surface area contributed by atoms with Crippen LogP contribution < -0.4 is 5.73 Å². The van der Waals surface area contributed by atoms with Crippen molar-refractivity contribution in [1.29, 1.82) is 0 Å². The molecule has 0 spiro atoms. The molecular weight excluding hydrogens is 335 g/mol. The van der Waals surface area contributed by atoms with Crippen LogP contribution in [0.25, 0.3) is 0 Å². The van der Waals surface area contributed by atoms with Gasteiger partial charge in [-0.05, 0) is 45.6 Å². The van der Waals surface area contributed by atoms with Gasteiger partial charge in [0.05, 0.1) is 11.3 Å². The number of halogens is 2. The highest BCUT2D eigenvalue weighted by atomic mass is 79.9. The summed E-state index contributed by atoms with van der Waals surface area (Å²) in [6.45, 7) is 1.22. The molecule has 0 bridgehead atoms. The summed E-state index contributed by atoms with van der Waals surface area (Å²) in [7, 11) is 0. The van der Waals surface area contributed by atoms with Crippen molar-refractivity contribution in [3.63, 3.8) is 0 Å². The fraction of sp³-hybridized carbons (Fsp3) is 0.188. The van der Waals surface area contributed by atoms with Gasteiger partial charge in [0.15, 0.2) is 0 Å². The first kappa shape index (κ1) is 14.1. The monoisotopic (exact) mass is 348 g/mol. The average Bonchev–Trinajstić information content (AvgIpc) is 2.50. The SMILES string of the molecule is Nc1cc(C(=O)N2CCc3ccccc3C2)c(Br)cc1F. The van der Waals surface area contributed by atoms with E-state index < -0.39 is 5.82 Å². The van der Waals surface area contributed by atoms with Gasteiger partial charge in [0.25, 0.3) is 5.91 Å². The molecule has 3 rings (SSSR count). The molecule has 1 heterocycles. The van der Waals surface area contributed by atoms with Crippen LogP contribution in [-0.4, -0.2) is 17.4 Å². The van der Waals surface area contributed by atoms with Crippen molar-refractivity contribution in [2.24, 2.45) is 0 Å². The van der Waals surface area contributed by atoms with E-state index in [0.717, 1.165) is 12.0 Å². The minimum absolute atomic E-state index is 0.0149. The first-order chi connectivity index (χ1) is 10.1. The Morgan fingerprint density at radius 2 is 1.95 bits per heavy atom. The normalized spacial score (nSPS) is 13.9. The second-order valence-corrected chi connectivity index (χ2v) is 5.95. The van der Waals surface area contributed by atoms with Crippen molar-refractivity contribution < 1.29 is 9.18 Å². The Kier molecular flexibility index (Phi) is 3.68. The summed E-state index contributed by atoms with van der Waals surface area (Å²) in [6.07, 6.45) is 0.830. The summed E-state index contributed by atoms with van der Waals surface area (Å²) in [4.78, 5) is 14.4. The predicted molar refractivity (Wildman–Crippen MR) is 83.4 cm³/mol. The highest BCUT2D eigenvalue weighted by Gasteiger charge is 2.23. The highest BCUT2D eigenvalue weighted by Crippen LogP contribution is 2.26. The topological polar surface area (TPSA) is 46.3 Å². The molecule has 2 N–H and O–H groups in total. The number of anilines is 1. The Morgan fingerprint density at radius 3 is 2.71 bits per heavy atom. The van der Waals surface area contributed by atoms with Crippen LogP contribution in [0.4, 0.5) is 10.1 Å². The summed E-state index contributed by atoms with van der Waals surface area (Å²) in [6, 6.07) is 10.7. The molecule has 0 saturated carbocycles. The lowest BCUT2D eigenvalue weighted by Gasteiger charge is -2.29. The number of hydrogen-bond acceptors (Lipinski definition) is 2. The molecular formula is C16H14BrFN2O. The summed E-state index contributed by atoms with van der Waals surface area (Å²) >= 11 is 3.24. The number of carbonyl (C=O) groups is 1. The Balaban J connectivity index is 1.89. The lowest BCUT2D eigenvalue weighted by atomic mass is 9.99. The molecule has 0 saturated heterocycles. The number of nitrogens with two attached hydrogens (primary N) is 1. The van der Waals surface area contributed by atoms with Crippen LogP contribution in [0.15, 0.2) is 40.9 Å².